The zero-order valence-electron chi connectivity index (χ0n) is 43.2. The van der Waals surface area contributed by atoms with Crippen molar-refractivity contribution in [1.29, 1.82) is 0 Å². The van der Waals surface area contributed by atoms with Crippen LogP contribution in [0.2, 0.25) is 0 Å². The lowest BCUT2D eigenvalue weighted by atomic mass is 9.85. The number of aromatic hydroxyl groups is 1. The smallest absolute Gasteiger partial charge is 0.410 e. The van der Waals surface area contributed by atoms with Gasteiger partial charge in [0.1, 0.15) is 28.6 Å². The number of hydrogen-bond donors (Lipinski definition) is 1. The molecule has 15 heteroatoms. The number of benzene rings is 2. The van der Waals surface area contributed by atoms with Crippen LogP contribution in [0.15, 0.2) is 36.4 Å². The first-order valence-electron chi connectivity index (χ1n) is 25.8. The van der Waals surface area contributed by atoms with Gasteiger partial charge in [0.2, 0.25) is 5.91 Å². The van der Waals surface area contributed by atoms with Crippen molar-refractivity contribution in [2.75, 3.05) is 77.9 Å². The number of alkyl halides is 1. The molecule has 0 bridgehead atoms. The Labute approximate surface area is 417 Å². The van der Waals surface area contributed by atoms with E-state index in [1.54, 1.807) is 0 Å². The molecule has 1 N–H and O–H groups in total. The Hall–Kier alpha value is -4.27. The van der Waals surface area contributed by atoms with Gasteiger partial charge < -0.3 is 38.9 Å². The van der Waals surface area contributed by atoms with Crippen LogP contribution in [0.1, 0.15) is 141 Å². The number of phenolic OH excluding ortho intramolecular Hbond substituents is 1. The van der Waals surface area contributed by atoms with Gasteiger partial charge in [0, 0.05) is 87.7 Å². The first kappa shape index (κ1) is 54.1. The first-order valence-corrected chi connectivity index (χ1v) is 26.3. The van der Waals surface area contributed by atoms with Gasteiger partial charge in [0.15, 0.2) is 6.61 Å². The molecule has 0 unspecified atom stereocenters. The number of ether oxygens (including phenoxy) is 3. The van der Waals surface area contributed by atoms with Crippen molar-refractivity contribution in [3.63, 3.8) is 0 Å². The highest BCUT2D eigenvalue weighted by Gasteiger charge is 2.46. The number of likely N-dealkylation sites (tertiary alicyclic amines) is 6. The van der Waals surface area contributed by atoms with Gasteiger partial charge in [-0.3, -0.25) is 19.4 Å². The maximum absolute atomic E-state index is 12.5. The zero-order chi connectivity index (χ0) is 50.0. The molecule has 2 aromatic rings. The summed E-state index contributed by atoms with van der Waals surface area (Å²) in [6.45, 7) is 25.7. The van der Waals surface area contributed by atoms with Gasteiger partial charge in [0.05, 0.1) is 0 Å². The van der Waals surface area contributed by atoms with Crippen molar-refractivity contribution in [3.05, 3.63) is 58.7 Å². The summed E-state index contributed by atoms with van der Waals surface area (Å²) in [7, 11) is 0. The van der Waals surface area contributed by atoms with Crippen molar-refractivity contribution in [3.8, 4) is 11.5 Å². The molecule has 14 nitrogen and oxygen atoms in total. The van der Waals surface area contributed by atoms with Crippen molar-refractivity contribution in [2.45, 2.75) is 168 Å². The summed E-state index contributed by atoms with van der Waals surface area (Å²) in [4.78, 5) is 60.7. The zero-order valence-corrected chi connectivity index (χ0v) is 44.0. The van der Waals surface area contributed by atoms with E-state index in [9.17, 15) is 24.3 Å². The van der Waals surface area contributed by atoms with Crippen LogP contribution in [0.3, 0.4) is 0 Å². The van der Waals surface area contributed by atoms with Crippen LogP contribution in [0.25, 0.3) is 0 Å². The molecule has 6 fully saturated rings. The van der Waals surface area contributed by atoms with E-state index in [2.05, 4.69) is 41.0 Å². The van der Waals surface area contributed by atoms with Crippen molar-refractivity contribution < 1.29 is 38.5 Å². The Morgan fingerprint density at radius 2 is 0.971 bits per heavy atom. The van der Waals surface area contributed by atoms with Gasteiger partial charge in [-0.2, -0.15) is 0 Å². The minimum Gasteiger partial charge on any atom is -0.508 e. The molecular weight excluding hydrogens is 896 g/mol. The molecular formula is C54H83ClN6O8. The molecule has 0 saturated carbocycles. The van der Waals surface area contributed by atoms with Gasteiger partial charge in [-0.25, -0.2) is 9.59 Å². The number of hydrogen-bond acceptors (Lipinski definition) is 10. The average molecular weight is 980 g/mol. The monoisotopic (exact) mass is 979 g/mol. The van der Waals surface area contributed by atoms with Gasteiger partial charge in [-0.15, -0.1) is 11.6 Å². The largest absolute Gasteiger partial charge is 0.508 e. The number of halogens is 1. The van der Waals surface area contributed by atoms with E-state index in [4.69, 9.17) is 25.8 Å². The molecule has 2 aromatic carbocycles. The van der Waals surface area contributed by atoms with Crippen LogP contribution < -0.4 is 4.74 Å². The van der Waals surface area contributed by atoms with Crippen LogP contribution >= 0.6 is 11.6 Å². The fraction of sp³-hybridized carbons (Fsp3) is 0.704. The number of piperidine rings is 2. The number of carbonyl (C=O) groups is 4. The van der Waals surface area contributed by atoms with Crippen LogP contribution in [0, 0.1) is 13.8 Å². The maximum Gasteiger partial charge on any atom is 0.410 e. The van der Waals surface area contributed by atoms with Gasteiger partial charge in [0.25, 0.3) is 5.91 Å². The molecule has 6 heterocycles. The highest BCUT2D eigenvalue weighted by Crippen LogP contribution is 2.42. The highest BCUT2D eigenvalue weighted by molar-refractivity contribution is 6.27. The number of carbonyl (C=O) groups excluding carboxylic acids is 4. The molecule has 0 aromatic heterocycles. The predicted molar refractivity (Wildman–Crippen MR) is 271 cm³/mol. The summed E-state index contributed by atoms with van der Waals surface area (Å²) < 4.78 is 17.2. The maximum atomic E-state index is 12.5. The van der Waals surface area contributed by atoms with E-state index in [0.29, 0.717) is 5.75 Å². The van der Waals surface area contributed by atoms with E-state index in [-0.39, 0.29) is 47.6 Å². The number of phenols is 1. The normalized spacial score (nSPS) is 20.4. The van der Waals surface area contributed by atoms with Crippen molar-refractivity contribution in [2.24, 2.45) is 0 Å². The average Bonchev–Trinajstić information content (AvgIpc) is 4.15. The molecule has 0 radical (unpaired) electrons. The van der Waals surface area contributed by atoms with E-state index < -0.39 is 11.2 Å². The van der Waals surface area contributed by atoms with Crippen molar-refractivity contribution in [1.82, 2.24) is 29.4 Å². The summed E-state index contributed by atoms with van der Waals surface area (Å²) in [6, 6.07) is 12.3. The first-order chi connectivity index (χ1) is 32.7. The Balaban J connectivity index is 0.000000196. The lowest BCUT2D eigenvalue weighted by Crippen LogP contribution is -2.53. The number of nitrogens with zero attached hydrogens (tertiary/aromatic N) is 6. The molecule has 69 heavy (non-hydrogen) atoms. The summed E-state index contributed by atoms with van der Waals surface area (Å²) in [5.41, 5.74) is 3.68. The van der Waals surface area contributed by atoms with Crippen LogP contribution in [-0.4, -0.2) is 159 Å². The second kappa shape index (κ2) is 23.8. The van der Waals surface area contributed by atoms with Gasteiger partial charge >= 0.3 is 12.2 Å². The minimum absolute atomic E-state index is 0.0779. The molecule has 384 valence electrons. The minimum atomic E-state index is -0.469. The number of amides is 4. The van der Waals surface area contributed by atoms with Crippen LogP contribution in [0.5, 0.6) is 11.5 Å². The second-order valence-corrected chi connectivity index (χ2v) is 22.5. The summed E-state index contributed by atoms with van der Waals surface area (Å²) in [6.07, 6.45) is 12.6. The molecule has 0 aliphatic carbocycles. The van der Waals surface area contributed by atoms with Gasteiger partial charge in [-0.05, 0) is 169 Å². The topological polar surface area (TPSA) is 136 Å². The van der Waals surface area contributed by atoms with Crippen molar-refractivity contribution >= 4 is 35.6 Å². The lowest BCUT2D eigenvalue weighted by Gasteiger charge is -2.45. The van der Waals surface area contributed by atoms with Crippen LogP contribution in [-0.2, 0) is 32.2 Å². The fourth-order valence-corrected chi connectivity index (χ4v) is 11.0. The highest BCUT2D eigenvalue weighted by atomic mass is 35.5. The van der Waals surface area contributed by atoms with E-state index in [1.807, 2.05) is 80.2 Å². The van der Waals surface area contributed by atoms with E-state index in [1.165, 1.54) is 19.3 Å². The molecule has 6 aliphatic heterocycles. The SMILES string of the molecule is Cc1ccc(CN2CCCC23CCN(C(=O)OC(C)(C)C)CC3)c(O)c1.Cc1ccc(CN2CCCC23CCN(C(=O)OC(C)(C)C)CC3)c(OCC(=O)N2CCCC2)c1.O=C(CCl)N1CCCC1. The molecule has 6 saturated heterocycles. The molecule has 8 rings (SSSR count). The quantitative estimate of drug-likeness (QED) is 0.255. The third-order valence-electron chi connectivity index (χ3n) is 14.7. The van der Waals surface area contributed by atoms with Crippen LogP contribution in [0.4, 0.5) is 9.59 Å². The standard InChI is InChI=1S/C27H41N3O4.C21H32N2O3.C6H10ClNO/c1-21-8-9-22(23(18-21)33-20-24(31)28-13-5-6-14-28)19-30-15-7-10-27(30)11-16-29(17-12-27)25(32)34-26(2,3)4;1-16-6-7-17(18(24)14-16)15-23-11-5-8-21(23)9-12-22(13-10-21)19(25)26-20(2,3)4;7-5-6(9)8-3-1-2-4-8/h8-9,18H,5-7,10-17,19-20H2,1-4H3;6-7,14,24H,5,8-13,15H2,1-4H3;1-5H2. The fourth-order valence-electron chi connectivity index (χ4n) is 10.9. The summed E-state index contributed by atoms with van der Waals surface area (Å²) in [5.74, 6) is 1.50. The summed E-state index contributed by atoms with van der Waals surface area (Å²) >= 11 is 5.34. The Morgan fingerprint density at radius 3 is 1.41 bits per heavy atom. The Morgan fingerprint density at radius 1 is 0.551 bits per heavy atom. The molecule has 0 atom stereocenters. The number of aryl methyl sites for hydroxylation is 2. The summed E-state index contributed by atoms with van der Waals surface area (Å²) in [5, 5.41) is 10.3. The Bertz CT molecular complexity index is 2040. The third kappa shape index (κ3) is 15.1. The second-order valence-electron chi connectivity index (χ2n) is 22.3. The molecule has 2 spiro atoms. The molecule has 4 amide bonds. The third-order valence-corrected chi connectivity index (χ3v) is 15.0. The Kier molecular flexibility index (Phi) is 18.6. The predicted octanol–water partition coefficient (Wildman–Crippen LogP) is 9.28. The van der Waals surface area contributed by atoms with Gasteiger partial charge in [-0.1, -0.05) is 24.3 Å². The molecule has 6 aliphatic rings. The lowest BCUT2D eigenvalue weighted by molar-refractivity contribution is -0.132. The van der Waals surface area contributed by atoms with E-state index >= 15 is 0 Å². The number of rotatable bonds is 8. The van der Waals surface area contributed by atoms with E-state index in [0.717, 1.165) is 164 Å².